The van der Waals surface area contributed by atoms with Crippen LogP contribution in [0.25, 0.3) is 0 Å². The number of alkyl halides is 1. The number of carbonyl (C=O) groups excluding carboxylic acids is 1. The zero-order valence-corrected chi connectivity index (χ0v) is 9.81. The van der Waals surface area contributed by atoms with Gasteiger partial charge in [0.05, 0.1) is 5.56 Å². The molecule has 1 aliphatic heterocycles. The molecule has 15 heavy (non-hydrogen) atoms. The molecule has 1 aromatic carbocycles. The number of thiocarbonyl (C=S) groups is 1. The third-order valence-corrected chi connectivity index (χ3v) is 2.89. The molecule has 78 valence electrons. The normalized spacial score (nSPS) is 16.8. The van der Waals surface area contributed by atoms with E-state index in [2.05, 4.69) is 0 Å². The molecule has 0 radical (unpaired) electrons. The highest BCUT2D eigenvalue weighted by Gasteiger charge is 2.32. The zero-order chi connectivity index (χ0) is 11.0. The van der Waals surface area contributed by atoms with Crippen LogP contribution in [0.3, 0.4) is 0 Å². The minimum Gasteiger partial charge on any atom is -0.297 e. The summed E-state index contributed by atoms with van der Waals surface area (Å²) in [5.74, 6) is -0.0388. The van der Waals surface area contributed by atoms with Gasteiger partial charge in [-0.15, -0.1) is 11.6 Å². The number of hydrogen-bond acceptors (Lipinski definition) is 2. The van der Waals surface area contributed by atoms with Crippen LogP contribution in [-0.4, -0.2) is 27.7 Å². The summed E-state index contributed by atoms with van der Waals surface area (Å²) in [5, 5.41) is -0.0961. The first-order chi connectivity index (χ1) is 7.11. The first-order valence-electron chi connectivity index (χ1n) is 4.70. The Labute approximate surface area is 98.8 Å². The van der Waals surface area contributed by atoms with Crippen LogP contribution in [0.15, 0.2) is 24.3 Å². The Kier molecular flexibility index (Phi) is 2.76. The summed E-state index contributed by atoms with van der Waals surface area (Å²) in [6, 6.07) is 7.39. The molecule has 0 spiro atoms. The van der Waals surface area contributed by atoms with E-state index < -0.39 is 0 Å². The van der Waals surface area contributed by atoms with Crippen molar-refractivity contribution >= 4 is 34.7 Å². The smallest absolute Gasteiger partial charge is 0.259 e. The predicted molar refractivity (Wildman–Crippen MR) is 64.5 cm³/mol. The lowest BCUT2D eigenvalue weighted by Crippen LogP contribution is -2.33. The molecular weight excluding hydrogens is 230 g/mol. The number of rotatable bonds is 2. The highest BCUT2D eigenvalue weighted by Crippen LogP contribution is 2.23. The Bertz CT molecular complexity index is 395. The van der Waals surface area contributed by atoms with Gasteiger partial charge in [0.2, 0.25) is 0 Å². The highest BCUT2D eigenvalue weighted by atomic mass is 35.5. The van der Waals surface area contributed by atoms with E-state index in [1.165, 1.54) is 0 Å². The second-order valence-electron chi connectivity index (χ2n) is 3.55. The molecule has 1 atom stereocenters. The van der Waals surface area contributed by atoms with Crippen LogP contribution in [0, 0.1) is 0 Å². The zero-order valence-electron chi connectivity index (χ0n) is 8.24. The summed E-state index contributed by atoms with van der Waals surface area (Å²) in [4.78, 5) is 14.1. The third kappa shape index (κ3) is 1.77. The maximum Gasteiger partial charge on any atom is 0.259 e. The van der Waals surface area contributed by atoms with Crippen LogP contribution in [0.4, 0.5) is 0 Å². The quantitative estimate of drug-likeness (QED) is 0.584. The molecule has 0 bridgehead atoms. The fourth-order valence-corrected chi connectivity index (χ4v) is 2.13. The van der Waals surface area contributed by atoms with Gasteiger partial charge in [-0.3, -0.25) is 9.69 Å². The molecule has 1 amide bonds. The van der Waals surface area contributed by atoms with Crippen molar-refractivity contribution in [3.63, 3.8) is 0 Å². The van der Waals surface area contributed by atoms with E-state index in [0.29, 0.717) is 17.1 Å². The first kappa shape index (κ1) is 10.6. The number of hydrogen-bond donors (Lipinski definition) is 0. The maximum absolute atomic E-state index is 11.9. The van der Waals surface area contributed by atoms with E-state index in [9.17, 15) is 4.79 Å². The van der Waals surface area contributed by atoms with E-state index in [0.717, 1.165) is 5.56 Å². The van der Waals surface area contributed by atoms with Crippen molar-refractivity contribution in [2.45, 2.75) is 12.3 Å². The summed E-state index contributed by atoms with van der Waals surface area (Å²) < 4.78 is 0. The van der Waals surface area contributed by atoms with Crippen LogP contribution in [0.1, 0.15) is 22.8 Å². The van der Waals surface area contributed by atoms with Gasteiger partial charge in [-0.2, -0.15) is 0 Å². The fourth-order valence-electron chi connectivity index (χ4n) is 1.66. The molecule has 0 saturated heterocycles. The van der Waals surface area contributed by atoms with Gasteiger partial charge in [0, 0.05) is 17.5 Å². The Balaban J connectivity index is 2.37. The van der Waals surface area contributed by atoms with E-state index in [1.807, 2.05) is 25.1 Å². The Hall–Kier alpha value is -0.930. The number of nitrogens with zero attached hydrogens (tertiary/aromatic N) is 1. The summed E-state index contributed by atoms with van der Waals surface area (Å²) in [5.41, 5.74) is 1.52. The van der Waals surface area contributed by atoms with Gasteiger partial charge in [-0.05, 0) is 13.0 Å². The molecule has 2 nitrogen and oxygen atoms in total. The van der Waals surface area contributed by atoms with Crippen molar-refractivity contribution in [1.82, 2.24) is 4.90 Å². The molecule has 0 aromatic heterocycles. The lowest BCUT2D eigenvalue weighted by Gasteiger charge is -2.16. The standard InChI is InChI=1S/C11H10ClNOS/c1-7(12)6-13-10(14)8-4-2-3-5-9(8)11(13)15/h2-5,7H,6H2,1H3. The highest BCUT2D eigenvalue weighted by molar-refractivity contribution is 7.80. The van der Waals surface area contributed by atoms with Crippen molar-refractivity contribution in [3.8, 4) is 0 Å². The Morgan fingerprint density at radius 3 is 2.53 bits per heavy atom. The second kappa shape index (κ2) is 3.91. The van der Waals surface area contributed by atoms with Crippen molar-refractivity contribution in [3.05, 3.63) is 35.4 Å². The minimum absolute atomic E-state index is 0.0388. The molecule has 0 fully saturated rings. The number of amides is 1. The largest absolute Gasteiger partial charge is 0.297 e. The number of fused-ring (bicyclic) bond motifs is 1. The molecule has 0 N–H and O–H groups in total. The van der Waals surface area contributed by atoms with Gasteiger partial charge in [0.1, 0.15) is 4.99 Å². The van der Waals surface area contributed by atoms with Gasteiger partial charge in [0.15, 0.2) is 0 Å². The van der Waals surface area contributed by atoms with Crippen LogP contribution >= 0.6 is 23.8 Å². The average Bonchev–Trinajstić information content (AvgIpc) is 2.44. The molecule has 2 rings (SSSR count). The average molecular weight is 240 g/mol. The lowest BCUT2D eigenvalue weighted by atomic mass is 10.1. The molecule has 1 aromatic rings. The molecule has 0 saturated carbocycles. The summed E-state index contributed by atoms with van der Waals surface area (Å²) >= 11 is 11.1. The second-order valence-corrected chi connectivity index (χ2v) is 4.68. The SMILES string of the molecule is CC(Cl)CN1C(=O)c2ccccc2C1=S. The first-order valence-corrected chi connectivity index (χ1v) is 5.55. The van der Waals surface area contributed by atoms with Crippen molar-refractivity contribution in [1.29, 1.82) is 0 Å². The van der Waals surface area contributed by atoms with Crippen LogP contribution in [-0.2, 0) is 0 Å². The van der Waals surface area contributed by atoms with Gasteiger partial charge < -0.3 is 0 Å². The van der Waals surface area contributed by atoms with E-state index in [4.69, 9.17) is 23.8 Å². The topological polar surface area (TPSA) is 20.3 Å². The molecule has 1 heterocycles. The molecule has 1 unspecified atom stereocenters. The van der Waals surface area contributed by atoms with E-state index in [-0.39, 0.29) is 11.3 Å². The molecule has 1 aliphatic rings. The van der Waals surface area contributed by atoms with Crippen molar-refractivity contribution in [2.75, 3.05) is 6.54 Å². The number of halogens is 1. The lowest BCUT2D eigenvalue weighted by molar-refractivity contribution is 0.0862. The summed E-state index contributed by atoms with van der Waals surface area (Å²) in [6.45, 7) is 2.31. The van der Waals surface area contributed by atoms with Gasteiger partial charge in [-0.25, -0.2) is 0 Å². The Morgan fingerprint density at radius 2 is 2.00 bits per heavy atom. The number of benzene rings is 1. The van der Waals surface area contributed by atoms with E-state index in [1.54, 1.807) is 11.0 Å². The van der Waals surface area contributed by atoms with Gasteiger partial charge in [0.25, 0.3) is 5.91 Å². The molecule has 4 heteroatoms. The van der Waals surface area contributed by atoms with Crippen LogP contribution < -0.4 is 0 Å². The monoisotopic (exact) mass is 239 g/mol. The van der Waals surface area contributed by atoms with Gasteiger partial charge >= 0.3 is 0 Å². The summed E-state index contributed by atoms with van der Waals surface area (Å²) in [6.07, 6.45) is 0. The predicted octanol–water partition coefficient (Wildman–Crippen LogP) is 2.45. The van der Waals surface area contributed by atoms with Crippen molar-refractivity contribution in [2.24, 2.45) is 0 Å². The summed E-state index contributed by atoms with van der Waals surface area (Å²) in [7, 11) is 0. The minimum atomic E-state index is -0.0961. The van der Waals surface area contributed by atoms with E-state index >= 15 is 0 Å². The number of carbonyl (C=O) groups is 1. The fraction of sp³-hybridized carbons (Fsp3) is 0.273. The third-order valence-electron chi connectivity index (χ3n) is 2.31. The molecular formula is C11H10ClNOS. The van der Waals surface area contributed by atoms with Gasteiger partial charge in [-0.1, -0.05) is 30.4 Å². The molecule has 0 aliphatic carbocycles. The maximum atomic E-state index is 11.9. The van der Waals surface area contributed by atoms with Crippen molar-refractivity contribution < 1.29 is 4.79 Å². The van der Waals surface area contributed by atoms with Crippen LogP contribution in [0.2, 0.25) is 0 Å². The van der Waals surface area contributed by atoms with Crippen LogP contribution in [0.5, 0.6) is 0 Å². The Morgan fingerprint density at radius 1 is 1.40 bits per heavy atom.